The largest absolute Gasteiger partial charge is 0.392 e. The molecule has 0 bridgehead atoms. The zero-order valence-electron chi connectivity index (χ0n) is 9.25. The summed E-state index contributed by atoms with van der Waals surface area (Å²) in [5.41, 5.74) is -0.0388. The molecule has 3 atom stereocenters. The molecule has 80 valence electrons. The van der Waals surface area contributed by atoms with Gasteiger partial charge in [0.25, 0.3) is 0 Å². The molecule has 0 amide bonds. The highest BCUT2D eigenvalue weighted by molar-refractivity contribution is 5.03. The van der Waals surface area contributed by atoms with Crippen LogP contribution in [0.2, 0.25) is 0 Å². The predicted octanol–water partition coefficient (Wildman–Crippen LogP) is 1.43. The van der Waals surface area contributed by atoms with Crippen molar-refractivity contribution in [3.63, 3.8) is 0 Å². The lowest BCUT2D eigenvalue weighted by atomic mass is 9.64. The van der Waals surface area contributed by atoms with E-state index in [4.69, 9.17) is 5.26 Å². The van der Waals surface area contributed by atoms with Crippen molar-refractivity contribution < 1.29 is 5.11 Å². The van der Waals surface area contributed by atoms with E-state index in [-0.39, 0.29) is 17.6 Å². The third-order valence-corrected chi connectivity index (χ3v) is 3.48. The molecule has 0 aliphatic heterocycles. The van der Waals surface area contributed by atoms with E-state index >= 15 is 0 Å². The van der Waals surface area contributed by atoms with Crippen LogP contribution in [0.3, 0.4) is 0 Å². The highest BCUT2D eigenvalue weighted by Gasteiger charge is 2.47. The molecular formula is C11H20N2O. The summed E-state index contributed by atoms with van der Waals surface area (Å²) < 4.78 is 0. The Kier molecular flexibility index (Phi) is 3.52. The number of aliphatic hydroxyl groups is 1. The molecule has 0 aromatic heterocycles. The maximum Gasteiger partial charge on any atom is 0.0638 e. The maximum atomic E-state index is 9.56. The number of rotatable bonds is 4. The second-order valence-corrected chi connectivity index (χ2v) is 4.76. The van der Waals surface area contributed by atoms with Crippen molar-refractivity contribution in [2.45, 2.75) is 58.2 Å². The van der Waals surface area contributed by atoms with Crippen LogP contribution in [0.1, 0.15) is 40.0 Å². The van der Waals surface area contributed by atoms with E-state index in [9.17, 15) is 5.11 Å². The molecule has 3 nitrogen and oxygen atoms in total. The molecule has 1 fully saturated rings. The molecule has 3 unspecified atom stereocenters. The lowest BCUT2D eigenvalue weighted by molar-refractivity contribution is -0.0758. The molecule has 0 aromatic carbocycles. The van der Waals surface area contributed by atoms with Gasteiger partial charge in [0.15, 0.2) is 0 Å². The summed E-state index contributed by atoms with van der Waals surface area (Å²) in [6.07, 6.45) is 2.14. The molecule has 0 spiro atoms. The van der Waals surface area contributed by atoms with E-state index in [1.807, 2.05) is 0 Å². The first-order chi connectivity index (χ1) is 6.52. The summed E-state index contributed by atoms with van der Waals surface area (Å²) in [6, 6.07) is 2.82. The van der Waals surface area contributed by atoms with E-state index in [1.165, 1.54) is 0 Å². The molecule has 1 rings (SSSR count). The van der Waals surface area contributed by atoms with Crippen LogP contribution in [0.15, 0.2) is 0 Å². The van der Waals surface area contributed by atoms with Gasteiger partial charge in [0.1, 0.15) is 0 Å². The van der Waals surface area contributed by atoms with Gasteiger partial charge in [0, 0.05) is 17.5 Å². The molecule has 2 N–H and O–H groups in total. The van der Waals surface area contributed by atoms with Gasteiger partial charge in [-0.3, -0.25) is 0 Å². The third kappa shape index (κ3) is 2.08. The van der Waals surface area contributed by atoms with Crippen molar-refractivity contribution in [2.75, 3.05) is 0 Å². The van der Waals surface area contributed by atoms with Crippen LogP contribution in [0.5, 0.6) is 0 Å². The van der Waals surface area contributed by atoms with E-state index in [2.05, 4.69) is 32.2 Å². The van der Waals surface area contributed by atoms with Gasteiger partial charge in [-0.25, -0.2) is 0 Å². The Balaban J connectivity index is 2.42. The SMILES string of the molecule is CCC(CC#N)NC1CC(O)C1(C)C. The number of hydrogen-bond acceptors (Lipinski definition) is 3. The molecule has 1 aliphatic carbocycles. The first-order valence-electron chi connectivity index (χ1n) is 5.33. The van der Waals surface area contributed by atoms with Crippen molar-refractivity contribution in [1.29, 1.82) is 5.26 Å². The summed E-state index contributed by atoms with van der Waals surface area (Å²) in [7, 11) is 0. The summed E-state index contributed by atoms with van der Waals surface area (Å²) in [6.45, 7) is 6.22. The molecule has 0 heterocycles. The van der Waals surface area contributed by atoms with Crippen LogP contribution in [0.4, 0.5) is 0 Å². The average molecular weight is 196 g/mol. The van der Waals surface area contributed by atoms with Crippen LogP contribution in [-0.4, -0.2) is 23.3 Å². The second-order valence-electron chi connectivity index (χ2n) is 4.76. The predicted molar refractivity (Wildman–Crippen MR) is 55.6 cm³/mol. The van der Waals surface area contributed by atoms with Crippen molar-refractivity contribution in [3.05, 3.63) is 0 Å². The smallest absolute Gasteiger partial charge is 0.0638 e. The van der Waals surface area contributed by atoms with Crippen molar-refractivity contribution in [3.8, 4) is 6.07 Å². The Morgan fingerprint density at radius 2 is 2.29 bits per heavy atom. The lowest BCUT2D eigenvalue weighted by Crippen LogP contribution is -2.61. The average Bonchev–Trinajstić information content (AvgIpc) is 2.16. The number of nitrogens with zero attached hydrogens (tertiary/aromatic N) is 1. The van der Waals surface area contributed by atoms with Crippen molar-refractivity contribution in [2.24, 2.45) is 5.41 Å². The molecule has 0 radical (unpaired) electrons. The van der Waals surface area contributed by atoms with Gasteiger partial charge in [0.05, 0.1) is 18.6 Å². The number of nitriles is 1. The van der Waals surface area contributed by atoms with Crippen LogP contribution in [0, 0.1) is 16.7 Å². The Hall–Kier alpha value is -0.590. The van der Waals surface area contributed by atoms with E-state index in [0.29, 0.717) is 12.5 Å². The van der Waals surface area contributed by atoms with Gasteiger partial charge >= 0.3 is 0 Å². The van der Waals surface area contributed by atoms with Crippen LogP contribution in [0.25, 0.3) is 0 Å². The first-order valence-corrected chi connectivity index (χ1v) is 5.33. The first kappa shape index (κ1) is 11.5. The Morgan fingerprint density at radius 3 is 2.64 bits per heavy atom. The van der Waals surface area contributed by atoms with Crippen molar-refractivity contribution >= 4 is 0 Å². The molecule has 1 aliphatic rings. The summed E-state index contributed by atoms with van der Waals surface area (Å²) >= 11 is 0. The maximum absolute atomic E-state index is 9.56. The highest BCUT2D eigenvalue weighted by Crippen LogP contribution is 2.40. The molecule has 3 heteroatoms. The Bertz CT molecular complexity index is 232. The number of nitrogens with one attached hydrogen (secondary N) is 1. The van der Waals surface area contributed by atoms with Crippen LogP contribution >= 0.6 is 0 Å². The monoisotopic (exact) mass is 196 g/mol. The lowest BCUT2D eigenvalue weighted by Gasteiger charge is -2.50. The normalized spacial score (nSPS) is 31.6. The zero-order valence-corrected chi connectivity index (χ0v) is 9.25. The Labute approximate surface area is 86.1 Å². The van der Waals surface area contributed by atoms with E-state index < -0.39 is 0 Å². The standard InChI is InChI=1S/C11H20N2O/c1-4-8(5-6-12)13-9-7-10(14)11(9,2)3/h8-10,13-14H,4-5,7H2,1-3H3. The summed E-state index contributed by atoms with van der Waals surface area (Å²) in [5.74, 6) is 0. The van der Waals surface area contributed by atoms with Gasteiger partial charge < -0.3 is 10.4 Å². The minimum Gasteiger partial charge on any atom is -0.392 e. The zero-order chi connectivity index (χ0) is 10.8. The van der Waals surface area contributed by atoms with Crippen LogP contribution < -0.4 is 5.32 Å². The highest BCUT2D eigenvalue weighted by atomic mass is 16.3. The van der Waals surface area contributed by atoms with E-state index in [1.54, 1.807) is 0 Å². The van der Waals surface area contributed by atoms with Crippen molar-refractivity contribution in [1.82, 2.24) is 5.32 Å². The quantitative estimate of drug-likeness (QED) is 0.715. The Morgan fingerprint density at radius 1 is 1.64 bits per heavy atom. The number of hydrogen-bond donors (Lipinski definition) is 2. The molecule has 0 saturated heterocycles. The topological polar surface area (TPSA) is 56.0 Å². The minimum absolute atomic E-state index is 0.0388. The second kappa shape index (κ2) is 4.29. The fourth-order valence-corrected chi connectivity index (χ4v) is 1.90. The molecule has 0 aromatic rings. The van der Waals surface area contributed by atoms with Gasteiger partial charge in [-0.15, -0.1) is 0 Å². The molecule has 1 saturated carbocycles. The fourth-order valence-electron chi connectivity index (χ4n) is 1.90. The van der Waals surface area contributed by atoms with Crippen LogP contribution in [-0.2, 0) is 0 Å². The van der Waals surface area contributed by atoms with Gasteiger partial charge in [-0.1, -0.05) is 20.8 Å². The van der Waals surface area contributed by atoms with E-state index in [0.717, 1.165) is 12.8 Å². The summed E-state index contributed by atoms with van der Waals surface area (Å²) in [4.78, 5) is 0. The van der Waals surface area contributed by atoms with Gasteiger partial charge in [0.2, 0.25) is 0 Å². The third-order valence-electron chi connectivity index (χ3n) is 3.48. The molecular weight excluding hydrogens is 176 g/mol. The van der Waals surface area contributed by atoms with Gasteiger partial charge in [-0.05, 0) is 12.8 Å². The molecule has 14 heavy (non-hydrogen) atoms. The summed E-state index contributed by atoms with van der Waals surface area (Å²) in [5, 5.41) is 21.6. The number of aliphatic hydroxyl groups excluding tert-OH is 1. The van der Waals surface area contributed by atoms with Gasteiger partial charge in [-0.2, -0.15) is 5.26 Å². The fraction of sp³-hybridized carbons (Fsp3) is 0.909. The minimum atomic E-state index is -0.195.